The van der Waals surface area contributed by atoms with Crippen molar-refractivity contribution in [2.75, 3.05) is 19.0 Å². The van der Waals surface area contributed by atoms with E-state index in [2.05, 4.69) is 20.9 Å². The molecule has 0 saturated heterocycles. The highest BCUT2D eigenvalue weighted by Crippen LogP contribution is 2.28. The molecule has 1 heterocycles. The van der Waals surface area contributed by atoms with Crippen LogP contribution in [0.1, 0.15) is 27.0 Å². The van der Waals surface area contributed by atoms with E-state index in [9.17, 15) is 14.4 Å². The average Bonchev–Trinajstić information content (AvgIpc) is 3.13. The van der Waals surface area contributed by atoms with E-state index < -0.39 is 17.4 Å². The first-order chi connectivity index (χ1) is 13.8. The number of aryl methyl sites for hydroxylation is 2. The summed E-state index contributed by atoms with van der Waals surface area (Å²) in [6.07, 6.45) is 0. The largest absolute Gasteiger partial charge is 0.367 e. The Morgan fingerprint density at radius 2 is 1.66 bits per heavy atom. The SMILES string of the molecule is CNC(=O)C1=NCNC1(C(N)=O)c1ccc(NC(=O)c2cc(C)cc(C)c2)cc1. The molecule has 8 nitrogen and oxygen atoms in total. The van der Waals surface area contributed by atoms with Crippen molar-refractivity contribution in [1.29, 1.82) is 0 Å². The molecule has 150 valence electrons. The number of primary amides is 1. The Morgan fingerprint density at radius 1 is 1.03 bits per heavy atom. The van der Waals surface area contributed by atoms with Gasteiger partial charge in [-0.2, -0.15) is 0 Å². The van der Waals surface area contributed by atoms with Crippen LogP contribution in [0.2, 0.25) is 0 Å². The van der Waals surface area contributed by atoms with E-state index in [1.807, 2.05) is 32.0 Å². The lowest BCUT2D eigenvalue weighted by Crippen LogP contribution is -2.58. The number of anilines is 1. The minimum Gasteiger partial charge on any atom is -0.367 e. The van der Waals surface area contributed by atoms with Crippen molar-refractivity contribution in [2.45, 2.75) is 19.4 Å². The third-order valence-electron chi connectivity index (χ3n) is 4.81. The first kappa shape index (κ1) is 20.2. The minimum atomic E-state index is -1.52. The van der Waals surface area contributed by atoms with E-state index in [1.54, 1.807) is 24.3 Å². The van der Waals surface area contributed by atoms with Crippen LogP contribution >= 0.6 is 0 Å². The molecule has 0 spiro atoms. The molecule has 3 rings (SSSR count). The number of aliphatic imine (C=N–C) groups is 1. The van der Waals surface area contributed by atoms with Gasteiger partial charge in [0.25, 0.3) is 11.8 Å². The lowest BCUT2D eigenvalue weighted by atomic mass is 9.84. The number of nitrogens with one attached hydrogen (secondary N) is 3. The van der Waals surface area contributed by atoms with Crippen LogP contribution in [0, 0.1) is 13.8 Å². The Morgan fingerprint density at radius 3 is 2.21 bits per heavy atom. The number of carbonyl (C=O) groups is 3. The summed E-state index contributed by atoms with van der Waals surface area (Å²) >= 11 is 0. The van der Waals surface area contributed by atoms with Crippen LogP contribution < -0.4 is 21.7 Å². The van der Waals surface area contributed by atoms with Crippen molar-refractivity contribution in [1.82, 2.24) is 10.6 Å². The molecule has 2 aromatic rings. The Bertz CT molecular complexity index is 993. The van der Waals surface area contributed by atoms with Crippen LogP contribution in [0.25, 0.3) is 0 Å². The maximum absolute atomic E-state index is 12.5. The van der Waals surface area contributed by atoms with Crippen LogP contribution in [-0.2, 0) is 15.1 Å². The highest BCUT2D eigenvalue weighted by Gasteiger charge is 2.49. The van der Waals surface area contributed by atoms with Crippen molar-refractivity contribution >= 4 is 29.1 Å². The molecule has 0 aliphatic carbocycles. The number of hydrogen-bond donors (Lipinski definition) is 4. The Balaban J connectivity index is 1.87. The third kappa shape index (κ3) is 3.74. The van der Waals surface area contributed by atoms with Crippen molar-refractivity contribution < 1.29 is 14.4 Å². The van der Waals surface area contributed by atoms with E-state index in [0.717, 1.165) is 11.1 Å². The summed E-state index contributed by atoms with van der Waals surface area (Å²) in [7, 11) is 1.46. The molecule has 2 aromatic carbocycles. The van der Waals surface area contributed by atoms with Gasteiger partial charge in [0.2, 0.25) is 5.91 Å². The molecule has 1 unspecified atom stereocenters. The van der Waals surface area contributed by atoms with Gasteiger partial charge in [0.05, 0.1) is 6.67 Å². The number of amides is 3. The number of rotatable bonds is 5. The fourth-order valence-corrected chi connectivity index (χ4v) is 3.50. The van der Waals surface area contributed by atoms with Crippen molar-refractivity contribution in [3.63, 3.8) is 0 Å². The van der Waals surface area contributed by atoms with E-state index in [-0.39, 0.29) is 18.3 Å². The van der Waals surface area contributed by atoms with Gasteiger partial charge in [0.15, 0.2) is 5.54 Å². The second-order valence-corrected chi connectivity index (χ2v) is 6.94. The molecule has 0 bridgehead atoms. The molecule has 1 aliphatic rings. The number of hydrogen-bond acceptors (Lipinski definition) is 5. The van der Waals surface area contributed by atoms with Gasteiger partial charge in [-0.25, -0.2) is 0 Å². The molecule has 1 atom stereocenters. The fourth-order valence-electron chi connectivity index (χ4n) is 3.50. The standard InChI is InChI=1S/C21H23N5O3/c1-12-8-13(2)10-14(9-12)18(27)26-16-6-4-15(5-7-16)21(20(22)29)17(19(28)23-3)24-11-25-21/h4-10,25H,11H2,1-3H3,(H2,22,29)(H,23,28)(H,26,27). The van der Waals surface area contributed by atoms with Gasteiger partial charge < -0.3 is 16.4 Å². The number of benzene rings is 2. The summed E-state index contributed by atoms with van der Waals surface area (Å²) in [6.45, 7) is 3.96. The van der Waals surface area contributed by atoms with E-state index in [4.69, 9.17) is 5.73 Å². The van der Waals surface area contributed by atoms with Gasteiger partial charge >= 0.3 is 0 Å². The molecule has 0 radical (unpaired) electrons. The summed E-state index contributed by atoms with van der Waals surface area (Å²) in [5.41, 5.74) is 7.72. The second-order valence-electron chi connectivity index (χ2n) is 6.94. The fraction of sp³-hybridized carbons (Fsp3) is 0.238. The molecule has 1 aliphatic heterocycles. The van der Waals surface area contributed by atoms with Crippen LogP contribution in [0.3, 0.4) is 0 Å². The van der Waals surface area contributed by atoms with Crippen LogP contribution in [0.5, 0.6) is 0 Å². The number of carbonyl (C=O) groups excluding carboxylic acids is 3. The zero-order valence-corrected chi connectivity index (χ0v) is 16.5. The first-order valence-electron chi connectivity index (χ1n) is 9.10. The van der Waals surface area contributed by atoms with Gasteiger partial charge in [-0.15, -0.1) is 0 Å². The molecular formula is C21H23N5O3. The average molecular weight is 393 g/mol. The normalized spacial score (nSPS) is 18.1. The smallest absolute Gasteiger partial charge is 0.267 e. The number of nitrogens with zero attached hydrogens (tertiary/aromatic N) is 1. The molecule has 29 heavy (non-hydrogen) atoms. The highest BCUT2D eigenvalue weighted by atomic mass is 16.2. The quantitative estimate of drug-likeness (QED) is 0.604. The van der Waals surface area contributed by atoms with Gasteiger partial charge in [0.1, 0.15) is 5.71 Å². The van der Waals surface area contributed by atoms with Crippen molar-refractivity contribution in [3.05, 3.63) is 64.7 Å². The second kappa shape index (κ2) is 7.84. The maximum Gasteiger partial charge on any atom is 0.267 e. The zero-order chi connectivity index (χ0) is 21.2. The van der Waals surface area contributed by atoms with Gasteiger partial charge in [-0.1, -0.05) is 29.3 Å². The lowest BCUT2D eigenvalue weighted by Gasteiger charge is -2.27. The summed E-state index contributed by atoms with van der Waals surface area (Å²) in [5.74, 6) is -1.45. The molecule has 0 aromatic heterocycles. The zero-order valence-electron chi connectivity index (χ0n) is 16.5. The van der Waals surface area contributed by atoms with Crippen LogP contribution in [0.4, 0.5) is 5.69 Å². The summed E-state index contributed by atoms with van der Waals surface area (Å²) in [4.78, 5) is 41.1. The Hall–Kier alpha value is -3.52. The summed E-state index contributed by atoms with van der Waals surface area (Å²) in [6, 6.07) is 12.2. The highest BCUT2D eigenvalue weighted by molar-refractivity contribution is 6.47. The van der Waals surface area contributed by atoms with Crippen molar-refractivity contribution in [2.24, 2.45) is 10.7 Å². The third-order valence-corrected chi connectivity index (χ3v) is 4.81. The van der Waals surface area contributed by atoms with Crippen LogP contribution in [-0.4, -0.2) is 37.1 Å². The topological polar surface area (TPSA) is 126 Å². The van der Waals surface area contributed by atoms with E-state index in [1.165, 1.54) is 7.05 Å². The summed E-state index contributed by atoms with van der Waals surface area (Å²) in [5, 5.41) is 8.23. The molecule has 0 fully saturated rings. The minimum absolute atomic E-state index is 0.0134. The molecule has 8 heteroatoms. The van der Waals surface area contributed by atoms with Crippen molar-refractivity contribution in [3.8, 4) is 0 Å². The predicted octanol–water partition coefficient (Wildman–Crippen LogP) is 0.984. The van der Waals surface area contributed by atoms with Gasteiger partial charge in [0, 0.05) is 18.3 Å². The molecule has 3 amide bonds. The summed E-state index contributed by atoms with van der Waals surface area (Å²) < 4.78 is 0. The van der Waals surface area contributed by atoms with Gasteiger partial charge in [-0.05, 0) is 43.7 Å². The maximum atomic E-state index is 12.5. The van der Waals surface area contributed by atoms with E-state index in [0.29, 0.717) is 16.8 Å². The van der Waals surface area contributed by atoms with Gasteiger partial charge in [-0.3, -0.25) is 24.7 Å². The van der Waals surface area contributed by atoms with E-state index >= 15 is 0 Å². The first-order valence-corrected chi connectivity index (χ1v) is 9.10. The number of nitrogens with two attached hydrogens (primary N) is 1. The Labute approximate surface area is 168 Å². The molecular weight excluding hydrogens is 370 g/mol. The Kier molecular flexibility index (Phi) is 5.47. The monoisotopic (exact) mass is 393 g/mol. The van der Waals surface area contributed by atoms with Crippen LogP contribution in [0.15, 0.2) is 47.5 Å². The lowest BCUT2D eigenvalue weighted by molar-refractivity contribution is -0.123. The molecule has 5 N–H and O–H groups in total. The predicted molar refractivity (Wildman–Crippen MR) is 111 cm³/mol. The molecule has 0 saturated carbocycles.